The standard InChI is InChI=1S/C24H24FN5O/c1-31-20-7-5-6-18(25)21(20)24-26-14-19-23(27-24)22(29-28-19)17-10-8-16(9-11-17)15-30-12-3-2-4-13-30/h5-11,14H,2-4,12-13,15H2,1H3,(H,28,29). The first kappa shape index (κ1) is 19.6. The summed E-state index contributed by atoms with van der Waals surface area (Å²) in [5.74, 6) is 0.240. The molecule has 2 aromatic carbocycles. The highest BCUT2D eigenvalue weighted by Crippen LogP contribution is 2.32. The summed E-state index contributed by atoms with van der Waals surface area (Å²) < 4.78 is 19.8. The van der Waals surface area contributed by atoms with E-state index in [0.717, 1.165) is 17.8 Å². The molecule has 0 aliphatic carbocycles. The summed E-state index contributed by atoms with van der Waals surface area (Å²) in [5, 5.41) is 7.43. The molecule has 3 heterocycles. The van der Waals surface area contributed by atoms with E-state index in [2.05, 4.69) is 49.3 Å². The summed E-state index contributed by atoms with van der Waals surface area (Å²) in [4.78, 5) is 11.5. The number of halogens is 1. The fourth-order valence-electron chi connectivity index (χ4n) is 4.17. The highest BCUT2D eigenvalue weighted by atomic mass is 19.1. The number of nitrogens with one attached hydrogen (secondary N) is 1. The number of fused-ring (bicyclic) bond motifs is 1. The van der Waals surface area contributed by atoms with Crippen molar-refractivity contribution in [2.24, 2.45) is 0 Å². The van der Waals surface area contributed by atoms with E-state index in [4.69, 9.17) is 4.74 Å². The van der Waals surface area contributed by atoms with Gasteiger partial charge in [0.05, 0.1) is 18.9 Å². The van der Waals surface area contributed by atoms with Crippen LogP contribution in [-0.4, -0.2) is 45.3 Å². The van der Waals surface area contributed by atoms with E-state index in [9.17, 15) is 4.39 Å². The highest BCUT2D eigenvalue weighted by molar-refractivity contribution is 5.90. The molecule has 6 nitrogen and oxygen atoms in total. The fraction of sp³-hybridized carbons (Fsp3) is 0.292. The molecule has 31 heavy (non-hydrogen) atoms. The number of ether oxygens (including phenoxy) is 1. The lowest BCUT2D eigenvalue weighted by Gasteiger charge is -2.26. The molecule has 4 aromatic rings. The number of likely N-dealkylation sites (tertiary alicyclic amines) is 1. The van der Waals surface area contributed by atoms with Crippen LogP contribution in [0.4, 0.5) is 4.39 Å². The average molecular weight is 417 g/mol. The quantitative estimate of drug-likeness (QED) is 0.504. The number of benzene rings is 2. The second kappa shape index (κ2) is 8.43. The number of methoxy groups -OCH3 is 1. The maximum atomic E-state index is 14.5. The number of hydrogen-bond acceptors (Lipinski definition) is 5. The number of hydrogen-bond donors (Lipinski definition) is 1. The van der Waals surface area contributed by atoms with Gasteiger partial charge in [-0.2, -0.15) is 5.10 Å². The molecule has 0 atom stereocenters. The van der Waals surface area contributed by atoms with Gasteiger partial charge in [-0.15, -0.1) is 0 Å². The van der Waals surface area contributed by atoms with Crippen LogP contribution in [0.15, 0.2) is 48.7 Å². The molecule has 0 saturated carbocycles. The minimum Gasteiger partial charge on any atom is -0.496 e. The third-order valence-corrected chi connectivity index (χ3v) is 5.80. The molecule has 7 heteroatoms. The normalized spacial score (nSPS) is 14.8. The van der Waals surface area contributed by atoms with E-state index in [1.165, 1.54) is 51.1 Å². The Kier molecular flexibility index (Phi) is 5.34. The summed E-state index contributed by atoms with van der Waals surface area (Å²) in [6.07, 6.45) is 5.54. The van der Waals surface area contributed by atoms with E-state index in [0.29, 0.717) is 16.8 Å². The van der Waals surface area contributed by atoms with Crippen LogP contribution in [0.1, 0.15) is 24.8 Å². The lowest BCUT2D eigenvalue weighted by Crippen LogP contribution is -2.28. The van der Waals surface area contributed by atoms with Gasteiger partial charge < -0.3 is 4.74 Å². The third-order valence-electron chi connectivity index (χ3n) is 5.80. The van der Waals surface area contributed by atoms with Gasteiger partial charge in [0.1, 0.15) is 28.3 Å². The first-order valence-electron chi connectivity index (χ1n) is 10.6. The smallest absolute Gasteiger partial charge is 0.166 e. The van der Waals surface area contributed by atoms with E-state index in [1.807, 2.05) is 0 Å². The minimum absolute atomic E-state index is 0.246. The molecule has 1 aliphatic rings. The molecule has 1 aliphatic heterocycles. The molecule has 0 spiro atoms. The van der Waals surface area contributed by atoms with Crippen LogP contribution in [-0.2, 0) is 6.54 Å². The third kappa shape index (κ3) is 3.88. The SMILES string of the molecule is COc1cccc(F)c1-c1ncc2[nH]nc(-c3ccc(CN4CCCCC4)cc3)c2n1. The van der Waals surface area contributed by atoms with Crippen molar-refractivity contribution in [3.8, 4) is 28.4 Å². The van der Waals surface area contributed by atoms with Crippen molar-refractivity contribution in [3.05, 3.63) is 60.0 Å². The predicted molar refractivity (Wildman–Crippen MR) is 118 cm³/mol. The fourth-order valence-corrected chi connectivity index (χ4v) is 4.17. The molecule has 0 unspecified atom stereocenters. The van der Waals surface area contributed by atoms with E-state index >= 15 is 0 Å². The Balaban J connectivity index is 1.48. The molecule has 1 N–H and O–H groups in total. The summed E-state index contributed by atoms with van der Waals surface area (Å²) in [7, 11) is 1.51. The minimum atomic E-state index is -0.425. The van der Waals surface area contributed by atoms with Crippen LogP contribution < -0.4 is 4.74 Å². The van der Waals surface area contributed by atoms with Gasteiger partial charge in [-0.1, -0.05) is 36.8 Å². The van der Waals surface area contributed by atoms with E-state index in [-0.39, 0.29) is 11.4 Å². The van der Waals surface area contributed by atoms with Gasteiger partial charge >= 0.3 is 0 Å². The van der Waals surface area contributed by atoms with Gasteiger partial charge in [0, 0.05) is 12.1 Å². The van der Waals surface area contributed by atoms with E-state index < -0.39 is 5.82 Å². The summed E-state index contributed by atoms with van der Waals surface area (Å²) in [6.45, 7) is 3.32. The van der Waals surface area contributed by atoms with Crippen LogP contribution in [0.25, 0.3) is 33.7 Å². The van der Waals surface area contributed by atoms with Crippen LogP contribution in [0.3, 0.4) is 0 Å². The Morgan fingerprint density at radius 3 is 2.65 bits per heavy atom. The van der Waals surface area contributed by atoms with Gasteiger partial charge in [0.15, 0.2) is 5.82 Å². The second-order valence-corrected chi connectivity index (χ2v) is 7.88. The van der Waals surface area contributed by atoms with Crippen molar-refractivity contribution in [2.75, 3.05) is 20.2 Å². The molecule has 2 aromatic heterocycles. The molecular formula is C24H24FN5O. The molecule has 0 amide bonds. The Hall–Kier alpha value is -3.32. The lowest BCUT2D eigenvalue weighted by molar-refractivity contribution is 0.221. The maximum Gasteiger partial charge on any atom is 0.166 e. The summed E-state index contributed by atoms with van der Waals surface area (Å²) in [6, 6.07) is 13.1. The van der Waals surface area contributed by atoms with Crippen molar-refractivity contribution in [3.63, 3.8) is 0 Å². The second-order valence-electron chi connectivity index (χ2n) is 7.88. The Labute approximate surface area is 180 Å². The van der Waals surface area contributed by atoms with Crippen LogP contribution in [0.2, 0.25) is 0 Å². The Bertz CT molecular complexity index is 1200. The largest absolute Gasteiger partial charge is 0.496 e. The maximum absolute atomic E-state index is 14.5. The van der Waals surface area contributed by atoms with Crippen molar-refractivity contribution in [1.82, 2.24) is 25.1 Å². The zero-order valence-corrected chi connectivity index (χ0v) is 17.4. The van der Waals surface area contributed by atoms with Crippen LogP contribution >= 0.6 is 0 Å². The number of aromatic amines is 1. The van der Waals surface area contributed by atoms with Crippen molar-refractivity contribution in [1.29, 1.82) is 0 Å². The summed E-state index contributed by atoms with van der Waals surface area (Å²) in [5.41, 5.74) is 4.57. The average Bonchev–Trinajstić information content (AvgIpc) is 3.23. The first-order chi connectivity index (χ1) is 15.2. The zero-order chi connectivity index (χ0) is 21.2. The number of H-pyrrole nitrogens is 1. The molecule has 0 bridgehead atoms. The monoisotopic (exact) mass is 417 g/mol. The zero-order valence-electron chi connectivity index (χ0n) is 17.4. The predicted octanol–water partition coefficient (Wildman–Crippen LogP) is 4.82. The first-order valence-corrected chi connectivity index (χ1v) is 10.6. The van der Waals surface area contributed by atoms with Crippen LogP contribution in [0.5, 0.6) is 5.75 Å². The molecule has 0 radical (unpaired) electrons. The van der Waals surface area contributed by atoms with E-state index in [1.54, 1.807) is 18.3 Å². The Morgan fingerprint density at radius 1 is 1.06 bits per heavy atom. The number of aromatic nitrogens is 4. The molecular weight excluding hydrogens is 393 g/mol. The van der Waals surface area contributed by atoms with Crippen molar-refractivity contribution >= 4 is 11.0 Å². The summed E-state index contributed by atoms with van der Waals surface area (Å²) >= 11 is 0. The van der Waals surface area contributed by atoms with Crippen LogP contribution in [0, 0.1) is 5.82 Å². The van der Waals surface area contributed by atoms with Crippen molar-refractivity contribution < 1.29 is 9.13 Å². The lowest BCUT2D eigenvalue weighted by atomic mass is 10.1. The molecule has 158 valence electrons. The molecule has 5 rings (SSSR count). The van der Waals surface area contributed by atoms with Gasteiger partial charge in [-0.25, -0.2) is 14.4 Å². The highest BCUT2D eigenvalue weighted by Gasteiger charge is 2.18. The van der Waals surface area contributed by atoms with Gasteiger partial charge in [0.25, 0.3) is 0 Å². The molecule has 1 fully saturated rings. The van der Waals surface area contributed by atoms with Gasteiger partial charge in [0.2, 0.25) is 0 Å². The Morgan fingerprint density at radius 2 is 1.87 bits per heavy atom. The van der Waals surface area contributed by atoms with Gasteiger partial charge in [-0.3, -0.25) is 10.00 Å². The topological polar surface area (TPSA) is 66.9 Å². The number of rotatable bonds is 5. The number of piperidine rings is 1. The number of nitrogens with zero attached hydrogens (tertiary/aromatic N) is 4. The molecule has 1 saturated heterocycles. The van der Waals surface area contributed by atoms with Crippen molar-refractivity contribution in [2.45, 2.75) is 25.8 Å². The van der Waals surface area contributed by atoms with Gasteiger partial charge in [-0.05, 0) is 43.6 Å².